The Morgan fingerprint density at radius 1 is 1.00 bits per heavy atom. The molecular formula is C22H26N4O3. The molecule has 0 radical (unpaired) electrons. The lowest BCUT2D eigenvalue weighted by molar-refractivity contribution is -0.117. The number of nitrogens with one attached hydrogen (secondary N) is 3. The molecule has 0 unspecified atom stereocenters. The smallest absolute Gasteiger partial charge is 0.319 e. The van der Waals surface area contributed by atoms with Crippen LogP contribution in [-0.2, 0) is 11.3 Å². The zero-order chi connectivity index (χ0) is 20.1. The van der Waals surface area contributed by atoms with E-state index in [-0.39, 0.29) is 24.0 Å². The molecule has 0 bridgehead atoms. The van der Waals surface area contributed by atoms with E-state index in [2.05, 4.69) is 20.9 Å². The summed E-state index contributed by atoms with van der Waals surface area (Å²) >= 11 is 0. The van der Waals surface area contributed by atoms with Gasteiger partial charge in [-0.3, -0.25) is 4.79 Å². The van der Waals surface area contributed by atoms with Gasteiger partial charge in [-0.1, -0.05) is 12.1 Å². The second-order valence-corrected chi connectivity index (χ2v) is 7.64. The molecule has 4 rings (SSSR count). The third-order valence-corrected chi connectivity index (χ3v) is 5.21. The van der Waals surface area contributed by atoms with Crippen molar-refractivity contribution in [3.8, 4) is 5.88 Å². The fraction of sp³-hybridized carbons (Fsp3) is 0.409. The monoisotopic (exact) mass is 394 g/mol. The van der Waals surface area contributed by atoms with Crippen LogP contribution in [0.4, 0.5) is 16.2 Å². The molecule has 0 spiro atoms. The van der Waals surface area contributed by atoms with Crippen LogP contribution >= 0.6 is 0 Å². The van der Waals surface area contributed by atoms with Gasteiger partial charge in [0.2, 0.25) is 11.8 Å². The quantitative estimate of drug-likeness (QED) is 0.660. The highest BCUT2D eigenvalue weighted by molar-refractivity contribution is 5.95. The first-order chi connectivity index (χ1) is 14.2. The van der Waals surface area contributed by atoms with Crippen LogP contribution in [0.5, 0.6) is 5.88 Å². The number of hydrogen-bond acceptors (Lipinski definition) is 4. The highest BCUT2D eigenvalue weighted by atomic mass is 16.5. The van der Waals surface area contributed by atoms with Crippen LogP contribution in [0.3, 0.4) is 0 Å². The molecular weight excluding hydrogens is 368 g/mol. The van der Waals surface area contributed by atoms with E-state index in [1.54, 1.807) is 24.4 Å². The Hall–Kier alpha value is -3.09. The zero-order valence-electron chi connectivity index (χ0n) is 16.3. The van der Waals surface area contributed by atoms with E-state index >= 15 is 0 Å². The molecule has 2 aromatic rings. The van der Waals surface area contributed by atoms with E-state index in [0.717, 1.165) is 31.2 Å². The molecule has 0 aliphatic heterocycles. The molecule has 3 N–H and O–H groups in total. The van der Waals surface area contributed by atoms with Gasteiger partial charge in [-0.25, -0.2) is 9.78 Å². The maximum Gasteiger partial charge on any atom is 0.319 e. The van der Waals surface area contributed by atoms with Gasteiger partial charge in [-0.05, 0) is 62.8 Å². The molecule has 152 valence electrons. The van der Waals surface area contributed by atoms with Gasteiger partial charge in [0.1, 0.15) is 6.10 Å². The Morgan fingerprint density at radius 2 is 1.76 bits per heavy atom. The van der Waals surface area contributed by atoms with Gasteiger partial charge in [0.05, 0.1) is 0 Å². The first-order valence-corrected chi connectivity index (χ1v) is 10.2. The predicted octanol–water partition coefficient (Wildman–Crippen LogP) is 4.07. The van der Waals surface area contributed by atoms with Crippen molar-refractivity contribution >= 4 is 23.3 Å². The second-order valence-electron chi connectivity index (χ2n) is 7.64. The Morgan fingerprint density at radius 3 is 2.52 bits per heavy atom. The lowest BCUT2D eigenvalue weighted by Gasteiger charge is -2.15. The Labute approximate surface area is 170 Å². The summed E-state index contributed by atoms with van der Waals surface area (Å²) in [7, 11) is 0. The van der Waals surface area contributed by atoms with Gasteiger partial charge in [-0.2, -0.15) is 0 Å². The van der Waals surface area contributed by atoms with E-state index in [0.29, 0.717) is 23.8 Å². The number of ether oxygens (including phenoxy) is 1. The van der Waals surface area contributed by atoms with Crippen LogP contribution in [0.25, 0.3) is 0 Å². The predicted molar refractivity (Wildman–Crippen MR) is 111 cm³/mol. The Bertz CT molecular complexity index is 876. The summed E-state index contributed by atoms with van der Waals surface area (Å²) in [5, 5.41) is 8.53. The topological polar surface area (TPSA) is 92.3 Å². The van der Waals surface area contributed by atoms with E-state index in [1.807, 2.05) is 18.2 Å². The molecule has 7 nitrogen and oxygen atoms in total. The average molecular weight is 394 g/mol. The summed E-state index contributed by atoms with van der Waals surface area (Å²) in [5.41, 5.74) is 2.14. The number of nitrogens with zero attached hydrogens (tertiary/aromatic N) is 1. The first kappa shape index (κ1) is 19.2. The van der Waals surface area contributed by atoms with Gasteiger partial charge >= 0.3 is 6.03 Å². The fourth-order valence-corrected chi connectivity index (χ4v) is 3.44. The molecule has 1 aromatic carbocycles. The highest BCUT2D eigenvalue weighted by Crippen LogP contribution is 2.30. The van der Waals surface area contributed by atoms with Crippen molar-refractivity contribution in [2.24, 2.45) is 5.92 Å². The maximum absolute atomic E-state index is 12.3. The number of pyridine rings is 1. The van der Waals surface area contributed by atoms with E-state index < -0.39 is 0 Å². The molecule has 0 saturated heterocycles. The van der Waals surface area contributed by atoms with E-state index in [4.69, 9.17) is 4.74 Å². The van der Waals surface area contributed by atoms with E-state index in [9.17, 15) is 9.59 Å². The van der Waals surface area contributed by atoms with Gasteiger partial charge in [0.15, 0.2) is 0 Å². The third-order valence-electron chi connectivity index (χ3n) is 5.21. The van der Waals surface area contributed by atoms with Crippen molar-refractivity contribution in [3.63, 3.8) is 0 Å². The summed E-state index contributed by atoms with van der Waals surface area (Å²) in [4.78, 5) is 28.5. The number of anilines is 2. The van der Waals surface area contributed by atoms with Crippen molar-refractivity contribution < 1.29 is 14.3 Å². The second kappa shape index (κ2) is 8.94. The van der Waals surface area contributed by atoms with Crippen LogP contribution < -0.4 is 20.7 Å². The van der Waals surface area contributed by atoms with Crippen LogP contribution in [0.1, 0.15) is 44.1 Å². The number of hydrogen-bond donors (Lipinski definition) is 3. The van der Waals surface area contributed by atoms with Crippen molar-refractivity contribution in [2.75, 3.05) is 10.6 Å². The molecule has 2 fully saturated rings. The van der Waals surface area contributed by atoms with Gasteiger partial charge in [-0.15, -0.1) is 0 Å². The van der Waals surface area contributed by atoms with Crippen molar-refractivity contribution in [1.29, 1.82) is 0 Å². The molecule has 1 heterocycles. The number of aromatic nitrogens is 1. The maximum atomic E-state index is 12.3. The number of rotatable bonds is 7. The normalized spacial score (nSPS) is 16.3. The van der Waals surface area contributed by atoms with Crippen LogP contribution in [0.15, 0.2) is 42.6 Å². The first-order valence-electron chi connectivity index (χ1n) is 10.2. The Kier molecular flexibility index (Phi) is 5.93. The van der Waals surface area contributed by atoms with Crippen molar-refractivity contribution in [1.82, 2.24) is 10.3 Å². The summed E-state index contributed by atoms with van der Waals surface area (Å²) in [6.07, 6.45) is 8.30. The van der Waals surface area contributed by atoms with E-state index in [1.165, 1.54) is 12.8 Å². The van der Waals surface area contributed by atoms with Gasteiger partial charge in [0.25, 0.3) is 0 Å². The van der Waals surface area contributed by atoms with Crippen LogP contribution in [0, 0.1) is 5.92 Å². The lowest BCUT2D eigenvalue weighted by atomic mass is 10.2. The fourth-order valence-electron chi connectivity index (χ4n) is 3.44. The molecule has 0 atom stereocenters. The largest absolute Gasteiger partial charge is 0.474 e. The molecule has 1 aromatic heterocycles. The minimum atomic E-state index is -0.327. The minimum Gasteiger partial charge on any atom is -0.474 e. The number of benzene rings is 1. The average Bonchev–Trinajstić information content (AvgIpc) is 3.45. The molecule has 3 amide bonds. The summed E-state index contributed by atoms with van der Waals surface area (Å²) in [5.74, 6) is 0.762. The van der Waals surface area contributed by atoms with Crippen LogP contribution in [0.2, 0.25) is 0 Å². The third kappa shape index (κ3) is 5.47. The molecule has 7 heteroatoms. The SMILES string of the molecule is O=C(NCc1cccnc1OC1CCCC1)Nc1cccc(NC(=O)C2CC2)c1. The molecule has 29 heavy (non-hydrogen) atoms. The van der Waals surface area contributed by atoms with Gasteiger partial charge in [0, 0.05) is 35.6 Å². The molecule has 2 aliphatic carbocycles. The zero-order valence-corrected chi connectivity index (χ0v) is 16.3. The van der Waals surface area contributed by atoms with Crippen molar-refractivity contribution in [3.05, 3.63) is 48.2 Å². The summed E-state index contributed by atoms with van der Waals surface area (Å²) in [6, 6.07) is 10.6. The summed E-state index contributed by atoms with van der Waals surface area (Å²) < 4.78 is 6.01. The standard InChI is InChI=1S/C22H26N4O3/c27-20(15-10-11-15)25-17-6-3-7-18(13-17)26-22(28)24-14-16-5-4-12-23-21(16)29-19-8-1-2-9-19/h3-7,12-13,15,19H,1-2,8-11,14H2,(H,25,27)(H2,24,26,28). The van der Waals surface area contributed by atoms with Crippen LogP contribution in [-0.4, -0.2) is 23.0 Å². The van der Waals surface area contributed by atoms with Gasteiger partial charge < -0.3 is 20.7 Å². The number of carbonyl (C=O) groups excluding carboxylic acids is 2. The number of carbonyl (C=O) groups is 2. The lowest BCUT2D eigenvalue weighted by Crippen LogP contribution is -2.28. The number of urea groups is 1. The summed E-state index contributed by atoms with van der Waals surface area (Å²) in [6.45, 7) is 0.319. The molecule has 2 aliphatic rings. The minimum absolute atomic E-state index is 0.0398. The molecule has 2 saturated carbocycles. The van der Waals surface area contributed by atoms with Crippen molar-refractivity contribution in [2.45, 2.75) is 51.2 Å². The number of amides is 3. The Balaban J connectivity index is 1.30. The highest BCUT2D eigenvalue weighted by Gasteiger charge is 2.29.